The minimum Gasteiger partial charge on any atom is -0.366 e. The van der Waals surface area contributed by atoms with Crippen LogP contribution in [0.1, 0.15) is 67.7 Å². The fourth-order valence-electron chi connectivity index (χ4n) is 5.59. The average Bonchev–Trinajstić information content (AvgIpc) is 3.33. The van der Waals surface area contributed by atoms with E-state index in [-0.39, 0.29) is 34.6 Å². The summed E-state index contributed by atoms with van der Waals surface area (Å²) in [6.45, 7) is -14.9. The number of fused-ring (bicyclic) bond motifs is 1. The van der Waals surface area contributed by atoms with Gasteiger partial charge in [-0.25, -0.2) is 18.2 Å². The summed E-state index contributed by atoms with van der Waals surface area (Å²) in [5, 5.41) is 1.87. The number of piperidine rings is 2. The molecule has 0 bridgehead atoms. The van der Waals surface area contributed by atoms with Crippen molar-refractivity contribution in [3.63, 3.8) is 0 Å². The second kappa shape index (κ2) is 11.5. The summed E-state index contributed by atoms with van der Waals surface area (Å²) in [6, 6.07) is 1.30. The van der Waals surface area contributed by atoms with Gasteiger partial charge in [0.1, 0.15) is 17.5 Å². The number of rotatable bonds is 6. The number of pyridine rings is 1. The molecule has 2 aromatic rings. The number of nitrogens with two attached hydrogens (primary N) is 1. The third-order valence-corrected chi connectivity index (χ3v) is 7.91. The molecule has 12 nitrogen and oxygen atoms in total. The first-order chi connectivity index (χ1) is 24.1. The Labute approximate surface area is 261 Å². The number of piperazine rings is 1. The van der Waals surface area contributed by atoms with Gasteiger partial charge in [0.2, 0.25) is 17.7 Å². The molecule has 1 atom stereocenters. The van der Waals surface area contributed by atoms with Gasteiger partial charge in [-0.3, -0.25) is 39.1 Å². The molecular weight excluding hydrogens is 583 g/mol. The molecule has 3 N–H and O–H groups in total. The highest BCUT2D eigenvalue weighted by molar-refractivity contribution is 6.24. The maximum atomic E-state index is 16.4. The number of amides is 5. The van der Waals surface area contributed by atoms with Crippen molar-refractivity contribution in [2.75, 3.05) is 55.4 Å². The zero-order valence-corrected chi connectivity index (χ0v) is 22.8. The van der Waals surface area contributed by atoms with E-state index in [2.05, 4.69) is 4.98 Å². The molecule has 232 valence electrons. The number of hydrogen-bond donors (Lipinski definition) is 2. The number of nitrogens with zero attached hydrogens (tertiary/aromatic N) is 5. The molecule has 5 amide bonds. The summed E-state index contributed by atoms with van der Waals surface area (Å²) < 4.78 is 118. The Kier molecular flexibility index (Phi) is 5.56. The summed E-state index contributed by atoms with van der Waals surface area (Å²) in [5.74, 6) is -12.9. The molecule has 1 aromatic carbocycles. The van der Waals surface area contributed by atoms with Crippen LogP contribution in [0, 0.1) is 23.4 Å². The van der Waals surface area contributed by atoms with Crippen LogP contribution in [0.15, 0.2) is 18.3 Å². The summed E-state index contributed by atoms with van der Waals surface area (Å²) in [4.78, 5) is 67.7. The van der Waals surface area contributed by atoms with Crippen LogP contribution in [0.4, 0.5) is 24.7 Å². The van der Waals surface area contributed by atoms with Crippen molar-refractivity contribution >= 4 is 41.0 Å². The summed E-state index contributed by atoms with van der Waals surface area (Å²) >= 11 is 0. The first-order valence-corrected chi connectivity index (χ1v) is 13.6. The topological polar surface area (TPSA) is 149 Å². The van der Waals surface area contributed by atoms with Crippen molar-refractivity contribution in [1.82, 2.24) is 20.1 Å². The van der Waals surface area contributed by atoms with E-state index in [9.17, 15) is 24.0 Å². The molecule has 0 aliphatic carbocycles. The van der Waals surface area contributed by atoms with Crippen molar-refractivity contribution in [3.8, 4) is 0 Å². The maximum Gasteiger partial charge on any atom is 0.265 e. The van der Waals surface area contributed by atoms with Gasteiger partial charge in [-0.1, -0.05) is 0 Å². The molecule has 3 fully saturated rings. The number of hydrogen-bond acceptors (Lipinski definition) is 9. The van der Waals surface area contributed by atoms with Crippen LogP contribution in [0.2, 0.25) is 0 Å². The van der Waals surface area contributed by atoms with Crippen molar-refractivity contribution in [1.29, 1.82) is 0 Å². The lowest BCUT2D eigenvalue weighted by Crippen LogP contribution is -2.54. The van der Waals surface area contributed by atoms with Gasteiger partial charge in [0.25, 0.3) is 11.8 Å². The van der Waals surface area contributed by atoms with Crippen LogP contribution in [0.5, 0.6) is 0 Å². The first-order valence-electron chi connectivity index (χ1n) is 17.6. The van der Waals surface area contributed by atoms with E-state index < -0.39 is 120 Å². The van der Waals surface area contributed by atoms with Crippen molar-refractivity contribution < 1.29 is 48.1 Å². The van der Waals surface area contributed by atoms with Crippen LogP contribution in [0.25, 0.3) is 0 Å². The Bertz CT molecular complexity index is 1890. The predicted molar refractivity (Wildman–Crippen MR) is 149 cm³/mol. The Morgan fingerprint density at radius 2 is 1.59 bits per heavy atom. The molecular formula is C29H30F3N7O5. The maximum absolute atomic E-state index is 16.4. The molecule has 15 heteroatoms. The third kappa shape index (κ3) is 5.14. The van der Waals surface area contributed by atoms with E-state index in [1.807, 2.05) is 10.2 Å². The largest absolute Gasteiger partial charge is 0.366 e. The normalized spacial score (nSPS) is 28.9. The van der Waals surface area contributed by atoms with Gasteiger partial charge in [0, 0.05) is 63.7 Å². The lowest BCUT2D eigenvalue weighted by Gasteiger charge is -2.40. The molecule has 4 aliphatic heterocycles. The molecule has 44 heavy (non-hydrogen) atoms. The second-order valence-corrected chi connectivity index (χ2v) is 10.6. The predicted octanol–water partition coefficient (Wildman–Crippen LogP) is 1.04. The quantitative estimate of drug-likeness (QED) is 0.357. The molecule has 3 saturated heterocycles. The second-order valence-electron chi connectivity index (χ2n) is 10.6. The lowest BCUT2D eigenvalue weighted by molar-refractivity contribution is -0.136. The van der Waals surface area contributed by atoms with Gasteiger partial charge < -0.3 is 15.5 Å². The van der Waals surface area contributed by atoms with Crippen molar-refractivity contribution in [3.05, 3.63) is 52.5 Å². The van der Waals surface area contributed by atoms with Gasteiger partial charge >= 0.3 is 0 Å². The lowest BCUT2D eigenvalue weighted by atomic mass is 9.95. The number of carbonyl (C=O) groups is 5. The summed E-state index contributed by atoms with van der Waals surface area (Å²) in [6.07, 6.45) is 0.999. The van der Waals surface area contributed by atoms with Crippen molar-refractivity contribution in [2.45, 2.75) is 31.7 Å². The number of aromatic nitrogens is 1. The number of imide groups is 2. The fourth-order valence-corrected chi connectivity index (χ4v) is 5.59. The van der Waals surface area contributed by atoms with E-state index in [0.29, 0.717) is 18.9 Å². The van der Waals surface area contributed by atoms with Gasteiger partial charge in [0.15, 0.2) is 17.5 Å². The Balaban J connectivity index is 1.32. The zero-order chi connectivity index (χ0) is 38.5. The van der Waals surface area contributed by atoms with Crippen LogP contribution >= 0.6 is 0 Å². The summed E-state index contributed by atoms with van der Waals surface area (Å²) in [5.41, 5.74) is 0.432. The number of carbonyl (C=O) groups excluding carboxylic acids is 5. The minimum absolute atomic E-state index is 0.0963. The molecule has 4 aliphatic rings. The van der Waals surface area contributed by atoms with Crippen LogP contribution in [-0.2, 0) is 9.59 Å². The van der Waals surface area contributed by atoms with Crippen LogP contribution < -0.4 is 20.9 Å². The van der Waals surface area contributed by atoms with Crippen molar-refractivity contribution in [2.24, 2.45) is 11.7 Å². The Hall–Kier alpha value is -4.53. The van der Waals surface area contributed by atoms with Crippen LogP contribution in [-0.4, -0.2) is 96.0 Å². The minimum atomic E-state index is -3.88. The molecule has 0 radical (unpaired) electrons. The highest BCUT2D eigenvalue weighted by Crippen LogP contribution is 2.38. The average molecular weight is 622 g/mol. The van der Waals surface area contributed by atoms with Gasteiger partial charge in [0.05, 0.1) is 22.2 Å². The Morgan fingerprint density at radius 1 is 0.932 bits per heavy atom. The first kappa shape index (κ1) is 21.2. The number of halogens is 3. The number of benzene rings is 1. The van der Waals surface area contributed by atoms with Gasteiger partial charge in [-0.05, 0) is 37.3 Å². The fraction of sp³-hybridized carbons (Fsp3) is 0.448. The van der Waals surface area contributed by atoms with E-state index >= 15 is 13.2 Å². The number of anilines is 2. The third-order valence-electron chi connectivity index (χ3n) is 7.91. The van der Waals surface area contributed by atoms with E-state index in [4.69, 9.17) is 16.7 Å². The number of nitrogens with one attached hydrogen (secondary N) is 1. The summed E-state index contributed by atoms with van der Waals surface area (Å²) in [7, 11) is 0. The monoisotopic (exact) mass is 621 g/mol. The van der Waals surface area contributed by atoms with Gasteiger partial charge in [-0.15, -0.1) is 0 Å². The highest BCUT2D eigenvalue weighted by Gasteiger charge is 2.49. The molecule has 6 rings (SSSR count). The molecule has 0 spiro atoms. The highest BCUT2D eigenvalue weighted by atomic mass is 19.2. The molecule has 5 heterocycles. The number of primary amides is 1. The standard InChI is InChI=1S/C29H30F3N7O5/c30-22-20-21(29(44)39(28(20)43)17-2-4-19(40)35-27(17)42)23(31)25(24(22)32)38-11-9-36(10-12-38)14-15-5-7-37(8-6-15)18-3-1-16(13-34-18)26(33)41/h1,3,13,15,17H,2,4-12,14H2,(H2,33,41)(H,35,40,42)/i9D2,10D2,11D2,12D2. The SMILES string of the molecule is [2H]C1([2H])N(CC2CCN(c3ccc(C(N)=O)cn3)CC2)C([2H])([2H])C([2H])([2H])N(c2c(F)c(F)c3c(c2F)C(=O)N(C2CCC(=O)NC2=O)C3=O)C1([2H])[2H]. The van der Waals surface area contributed by atoms with Gasteiger partial charge in [-0.2, -0.15) is 0 Å². The van der Waals surface area contributed by atoms with E-state index in [1.165, 1.54) is 12.3 Å². The van der Waals surface area contributed by atoms with Crippen LogP contribution in [0.3, 0.4) is 0 Å². The smallest absolute Gasteiger partial charge is 0.265 e. The van der Waals surface area contributed by atoms with E-state index in [0.717, 1.165) is 0 Å². The molecule has 0 saturated carbocycles. The zero-order valence-electron chi connectivity index (χ0n) is 30.8. The van der Waals surface area contributed by atoms with E-state index in [1.54, 1.807) is 6.07 Å². The molecule has 1 unspecified atom stereocenters. The Morgan fingerprint density at radius 3 is 2.18 bits per heavy atom. The molecule has 1 aromatic heterocycles.